The third-order valence-corrected chi connectivity index (χ3v) is 10.1. The number of aryl methyl sites for hydroxylation is 1. The molecular weight excluding hydrogens is 621 g/mol. The van der Waals surface area contributed by atoms with Gasteiger partial charge in [-0.05, 0) is 38.8 Å². The smallest absolute Gasteiger partial charge is 0.318 e. The van der Waals surface area contributed by atoms with Crippen LogP contribution in [0.15, 0.2) is 43.0 Å². The highest BCUT2D eigenvalue weighted by molar-refractivity contribution is 5.96. The first-order valence-electron chi connectivity index (χ1n) is 16.4. The minimum atomic E-state index is -2.56. The third kappa shape index (κ3) is 6.76. The lowest BCUT2D eigenvalue weighted by atomic mass is 9.76. The second kappa shape index (κ2) is 13.6. The van der Waals surface area contributed by atoms with Crippen molar-refractivity contribution in [1.82, 2.24) is 24.8 Å². The Bertz CT molecular complexity index is 1730. The Hall–Kier alpha value is -4.44. The van der Waals surface area contributed by atoms with E-state index in [1.807, 2.05) is 42.2 Å². The van der Waals surface area contributed by atoms with Crippen molar-refractivity contribution in [3.63, 3.8) is 0 Å². The highest BCUT2D eigenvalue weighted by atomic mass is 19.3. The van der Waals surface area contributed by atoms with Crippen LogP contribution in [0.25, 0.3) is 15.6 Å². The molecule has 10 nitrogen and oxygen atoms in total. The first-order valence-corrected chi connectivity index (χ1v) is 16.4. The van der Waals surface area contributed by atoms with E-state index in [0.29, 0.717) is 45.0 Å². The van der Waals surface area contributed by atoms with Gasteiger partial charge in [-0.15, -0.1) is 0 Å². The van der Waals surface area contributed by atoms with E-state index >= 15 is 0 Å². The number of hydrogen-bond acceptors (Lipinski definition) is 8. The number of alkyl halides is 2. The number of carbonyl (C=O) groups excluding carboxylic acids is 1. The van der Waals surface area contributed by atoms with Gasteiger partial charge >= 0.3 is 6.01 Å². The maximum atomic E-state index is 13.9. The molecule has 2 aliphatic heterocycles. The molecule has 1 amide bonds. The Morgan fingerprint density at radius 3 is 2.73 bits per heavy atom. The topological polar surface area (TPSA) is 82.3 Å². The number of hydrogen-bond donors (Lipinski definition) is 0. The van der Waals surface area contributed by atoms with Gasteiger partial charge in [-0.3, -0.25) is 9.78 Å². The monoisotopic (exact) mass is 662 g/mol. The highest BCUT2D eigenvalue weighted by Crippen LogP contribution is 2.45. The first-order chi connectivity index (χ1) is 23.0. The van der Waals surface area contributed by atoms with Crippen LogP contribution in [0, 0.1) is 19.4 Å². The van der Waals surface area contributed by atoms with Crippen LogP contribution in [0.4, 0.5) is 24.7 Å². The summed E-state index contributed by atoms with van der Waals surface area (Å²) in [5.41, 5.74) is 3.95. The van der Waals surface area contributed by atoms with Crippen molar-refractivity contribution >= 4 is 28.2 Å². The second-order valence-electron chi connectivity index (χ2n) is 13.2. The van der Waals surface area contributed by atoms with E-state index in [-0.39, 0.29) is 50.5 Å². The van der Waals surface area contributed by atoms with Gasteiger partial charge in [0.05, 0.1) is 24.1 Å². The summed E-state index contributed by atoms with van der Waals surface area (Å²) in [6.07, 6.45) is 4.22. The Labute approximate surface area is 279 Å². The molecule has 254 valence electrons. The lowest BCUT2D eigenvalue weighted by Crippen LogP contribution is -2.57. The van der Waals surface area contributed by atoms with E-state index in [0.717, 1.165) is 33.3 Å². The number of rotatable bonds is 10. The van der Waals surface area contributed by atoms with Crippen molar-refractivity contribution in [3.8, 4) is 6.01 Å². The predicted molar refractivity (Wildman–Crippen MR) is 178 cm³/mol. The molecule has 0 radical (unpaired) electrons. The number of likely N-dealkylation sites (N-methyl/N-ethyl adjacent to an activating group) is 1. The molecule has 4 heterocycles. The van der Waals surface area contributed by atoms with Crippen molar-refractivity contribution in [2.75, 3.05) is 62.7 Å². The first kappa shape index (κ1) is 33.5. The number of benzene rings is 1. The fourth-order valence-corrected chi connectivity index (χ4v) is 7.19. The van der Waals surface area contributed by atoms with Gasteiger partial charge in [0.2, 0.25) is 12.5 Å². The van der Waals surface area contributed by atoms with Gasteiger partial charge in [-0.25, -0.2) is 19.7 Å². The molecule has 6 rings (SSSR count). The van der Waals surface area contributed by atoms with Gasteiger partial charge in [-0.2, -0.15) is 9.97 Å². The number of carbonyl (C=O) groups is 1. The number of halogens is 3. The Balaban J connectivity index is 1.27. The number of anilines is 2. The summed E-state index contributed by atoms with van der Waals surface area (Å²) in [5, 5.41) is 2.20. The molecule has 1 saturated heterocycles. The SMILES string of the molecule is [C-]#[N+]C[C@H]1CN(c2nc(OCCN(C)[C@H](C)C3CC(F)(F)C3)nc3c2CCN(c2cncc4cccc(C)c24)C3)CCN1C(=O)C(=C)F. The van der Waals surface area contributed by atoms with E-state index in [1.165, 1.54) is 4.90 Å². The minimum absolute atomic E-state index is 0.0154. The van der Waals surface area contributed by atoms with E-state index in [2.05, 4.69) is 40.4 Å². The Morgan fingerprint density at radius 2 is 2.00 bits per heavy atom. The van der Waals surface area contributed by atoms with Gasteiger partial charge in [0.1, 0.15) is 18.5 Å². The normalized spacial score (nSPS) is 19.9. The Kier molecular flexibility index (Phi) is 9.47. The molecule has 3 aromatic rings. The summed E-state index contributed by atoms with van der Waals surface area (Å²) in [5.74, 6) is -3.78. The average Bonchev–Trinajstić information content (AvgIpc) is 3.05. The zero-order chi connectivity index (χ0) is 34.2. The van der Waals surface area contributed by atoms with Crippen LogP contribution in [0.3, 0.4) is 0 Å². The van der Waals surface area contributed by atoms with Gasteiger partial charge in [0.15, 0.2) is 5.83 Å². The second-order valence-corrected chi connectivity index (χ2v) is 13.2. The molecule has 13 heteroatoms. The molecule has 1 aliphatic carbocycles. The number of piperazine rings is 1. The standard InChI is InChI=1S/C35H41F3N8O2/c1-22-7-6-8-25-17-40-19-30(31(22)25)44-10-9-28-29(21-44)41-34(48-14-13-43(5)24(3)26-15-35(37,38)16-26)42-32(28)45-11-12-46(33(47)23(2)36)27(20-45)18-39-4/h6-8,17,19,24,26-27H,2,9-16,18,20-21H2,1,3,5H3/t24-,27+/m1/s1. The zero-order valence-corrected chi connectivity index (χ0v) is 27.6. The van der Waals surface area contributed by atoms with E-state index < -0.39 is 23.7 Å². The van der Waals surface area contributed by atoms with Crippen molar-refractivity contribution in [1.29, 1.82) is 0 Å². The number of fused-ring (bicyclic) bond motifs is 2. The van der Waals surface area contributed by atoms with Crippen LogP contribution >= 0.6 is 0 Å². The van der Waals surface area contributed by atoms with Crippen LogP contribution in [0.5, 0.6) is 6.01 Å². The summed E-state index contributed by atoms with van der Waals surface area (Å²) in [4.78, 5) is 38.0. The highest BCUT2D eigenvalue weighted by Gasteiger charge is 2.48. The number of pyridine rings is 1. The van der Waals surface area contributed by atoms with Crippen molar-refractivity contribution in [3.05, 3.63) is 71.2 Å². The molecule has 3 aliphatic rings. The molecule has 2 fully saturated rings. The summed E-state index contributed by atoms with van der Waals surface area (Å²) in [6.45, 7) is 17.6. The Morgan fingerprint density at radius 1 is 1.21 bits per heavy atom. The molecule has 2 aromatic heterocycles. The fraction of sp³-hybridized carbons (Fsp3) is 0.514. The van der Waals surface area contributed by atoms with Crippen molar-refractivity contribution < 1.29 is 22.7 Å². The molecule has 0 bridgehead atoms. The average molecular weight is 663 g/mol. The van der Waals surface area contributed by atoms with E-state index in [9.17, 15) is 18.0 Å². The molecular formula is C35H41F3N8O2. The molecule has 1 saturated carbocycles. The summed E-state index contributed by atoms with van der Waals surface area (Å²) >= 11 is 0. The van der Waals surface area contributed by atoms with E-state index in [1.54, 1.807) is 0 Å². The van der Waals surface area contributed by atoms with Gasteiger partial charge in [0, 0.05) is 74.1 Å². The van der Waals surface area contributed by atoms with E-state index in [4.69, 9.17) is 21.3 Å². The zero-order valence-electron chi connectivity index (χ0n) is 27.6. The molecule has 0 N–H and O–H groups in total. The van der Waals surface area contributed by atoms with Gasteiger partial charge in [0.25, 0.3) is 5.91 Å². The van der Waals surface area contributed by atoms with Gasteiger partial charge in [-0.1, -0.05) is 24.8 Å². The van der Waals surface area contributed by atoms with Crippen LogP contribution in [0.2, 0.25) is 0 Å². The molecule has 0 unspecified atom stereocenters. The quantitative estimate of drug-likeness (QED) is 0.220. The van der Waals surface area contributed by atoms with Crippen LogP contribution in [-0.2, 0) is 17.8 Å². The summed E-state index contributed by atoms with van der Waals surface area (Å²) in [6, 6.07) is 5.82. The largest absolute Gasteiger partial charge is 0.462 e. The van der Waals surface area contributed by atoms with Crippen molar-refractivity contribution in [2.45, 2.75) is 57.7 Å². The molecule has 1 aromatic carbocycles. The van der Waals surface area contributed by atoms with Crippen LogP contribution < -0.4 is 14.5 Å². The maximum Gasteiger partial charge on any atom is 0.318 e. The van der Waals surface area contributed by atoms with Crippen LogP contribution in [0.1, 0.15) is 36.6 Å². The summed E-state index contributed by atoms with van der Waals surface area (Å²) in [7, 11) is 1.91. The molecule has 2 atom stereocenters. The minimum Gasteiger partial charge on any atom is -0.462 e. The van der Waals surface area contributed by atoms with Crippen LogP contribution in [-0.4, -0.2) is 102 Å². The summed E-state index contributed by atoms with van der Waals surface area (Å²) < 4.78 is 47.0. The van der Waals surface area contributed by atoms with Gasteiger partial charge < -0.3 is 29.2 Å². The third-order valence-electron chi connectivity index (χ3n) is 10.1. The van der Waals surface area contributed by atoms with Crippen molar-refractivity contribution in [2.24, 2.45) is 5.92 Å². The molecule has 48 heavy (non-hydrogen) atoms. The maximum absolute atomic E-state index is 13.9. The number of aromatic nitrogens is 3. The lowest BCUT2D eigenvalue weighted by Gasteiger charge is -2.42. The fourth-order valence-electron chi connectivity index (χ4n) is 7.19. The predicted octanol–water partition coefficient (Wildman–Crippen LogP) is 5.06. The number of ether oxygens (including phenoxy) is 1. The lowest BCUT2D eigenvalue weighted by molar-refractivity contribution is -0.131. The molecule has 0 spiro atoms. The number of nitrogens with zero attached hydrogens (tertiary/aromatic N) is 8. The number of amides is 1.